The van der Waals surface area contributed by atoms with Crippen molar-refractivity contribution in [2.45, 2.75) is 11.8 Å². The highest BCUT2D eigenvalue weighted by Crippen LogP contribution is 2.18. The van der Waals surface area contributed by atoms with Crippen molar-refractivity contribution in [3.8, 4) is 0 Å². The van der Waals surface area contributed by atoms with Crippen LogP contribution >= 0.6 is 15.9 Å². The van der Waals surface area contributed by atoms with Gasteiger partial charge in [-0.1, -0.05) is 0 Å². The van der Waals surface area contributed by atoms with Gasteiger partial charge in [-0.15, -0.1) is 0 Å². The van der Waals surface area contributed by atoms with Crippen molar-refractivity contribution in [1.82, 2.24) is 4.98 Å². The zero-order valence-electron chi connectivity index (χ0n) is 10.8. The predicted octanol–water partition coefficient (Wildman–Crippen LogP) is 3.08. The normalized spacial score (nSPS) is 11.1. The molecule has 0 saturated carbocycles. The molecule has 0 atom stereocenters. The smallest absolute Gasteiger partial charge is 0.263 e. The molecule has 0 fully saturated rings. The minimum absolute atomic E-state index is 0.198. The fourth-order valence-electron chi connectivity index (χ4n) is 1.59. The van der Waals surface area contributed by atoms with Crippen LogP contribution in [0.3, 0.4) is 0 Å². The molecular formula is C13H14BrN3O2S. The van der Waals surface area contributed by atoms with Gasteiger partial charge >= 0.3 is 0 Å². The fourth-order valence-corrected chi connectivity index (χ4v) is 2.83. The number of pyridine rings is 1. The largest absolute Gasteiger partial charge is 0.385 e. The molecule has 1 aromatic carbocycles. The summed E-state index contributed by atoms with van der Waals surface area (Å²) in [5, 5.41) is 3.11. The highest BCUT2D eigenvalue weighted by molar-refractivity contribution is 9.10. The van der Waals surface area contributed by atoms with Crippen LogP contribution in [0.4, 0.5) is 11.5 Å². The molecule has 1 aromatic heterocycles. The van der Waals surface area contributed by atoms with Gasteiger partial charge in [0.25, 0.3) is 10.0 Å². The van der Waals surface area contributed by atoms with Crippen molar-refractivity contribution in [3.63, 3.8) is 0 Å². The van der Waals surface area contributed by atoms with Crippen LogP contribution in [-0.2, 0) is 10.0 Å². The summed E-state index contributed by atoms with van der Waals surface area (Å²) in [4.78, 5) is 4.18. The van der Waals surface area contributed by atoms with E-state index in [1.807, 2.05) is 6.92 Å². The van der Waals surface area contributed by atoms with Crippen LogP contribution < -0.4 is 10.0 Å². The van der Waals surface area contributed by atoms with Gasteiger partial charge in [-0.25, -0.2) is 13.4 Å². The van der Waals surface area contributed by atoms with Crippen molar-refractivity contribution < 1.29 is 8.42 Å². The van der Waals surface area contributed by atoms with Gasteiger partial charge in [0.1, 0.15) is 5.82 Å². The number of halogens is 1. The zero-order valence-corrected chi connectivity index (χ0v) is 13.2. The average molecular weight is 356 g/mol. The van der Waals surface area contributed by atoms with Gasteiger partial charge in [0.15, 0.2) is 0 Å². The quantitative estimate of drug-likeness (QED) is 0.864. The first kappa shape index (κ1) is 14.8. The lowest BCUT2D eigenvalue weighted by molar-refractivity contribution is 0.601. The van der Waals surface area contributed by atoms with Crippen LogP contribution in [0.15, 0.2) is 52.0 Å². The maximum atomic E-state index is 12.2. The lowest BCUT2D eigenvalue weighted by Crippen LogP contribution is -2.13. The Labute approximate surface area is 126 Å². The summed E-state index contributed by atoms with van der Waals surface area (Å²) in [7, 11) is -3.61. The minimum atomic E-state index is -3.61. The summed E-state index contributed by atoms with van der Waals surface area (Å²) >= 11 is 3.25. The number of hydrogen-bond acceptors (Lipinski definition) is 4. The SMILES string of the molecule is CCNc1ccc(S(=O)(=O)Nc2ccc(Br)cn2)cc1. The Hall–Kier alpha value is -1.60. The number of nitrogens with zero attached hydrogens (tertiary/aromatic N) is 1. The maximum absolute atomic E-state index is 12.2. The Morgan fingerprint density at radius 1 is 1.15 bits per heavy atom. The maximum Gasteiger partial charge on any atom is 0.263 e. The first-order valence-electron chi connectivity index (χ1n) is 5.99. The second kappa shape index (κ2) is 6.23. The van der Waals surface area contributed by atoms with E-state index in [4.69, 9.17) is 0 Å². The molecule has 7 heteroatoms. The van der Waals surface area contributed by atoms with E-state index in [1.54, 1.807) is 36.4 Å². The second-order valence-corrected chi connectivity index (χ2v) is 6.62. The molecular weight excluding hydrogens is 342 g/mol. The molecule has 0 spiro atoms. The van der Waals surface area contributed by atoms with E-state index in [1.165, 1.54) is 6.20 Å². The van der Waals surface area contributed by atoms with Crippen LogP contribution in [0.5, 0.6) is 0 Å². The highest BCUT2D eigenvalue weighted by atomic mass is 79.9. The number of benzene rings is 1. The van der Waals surface area contributed by atoms with Crippen molar-refractivity contribution >= 4 is 37.5 Å². The van der Waals surface area contributed by atoms with E-state index in [0.717, 1.165) is 16.7 Å². The van der Waals surface area contributed by atoms with Crippen molar-refractivity contribution in [1.29, 1.82) is 0 Å². The third-order valence-electron chi connectivity index (χ3n) is 2.51. The molecule has 2 aromatic rings. The predicted molar refractivity (Wildman–Crippen MR) is 83.4 cm³/mol. The van der Waals surface area contributed by atoms with Gasteiger partial charge in [0.2, 0.25) is 0 Å². The van der Waals surface area contributed by atoms with Crippen LogP contribution in [0, 0.1) is 0 Å². The molecule has 2 N–H and O–H groups in total. The van der Waals surface area contributed by atoms with E-state index in [0.29, 0.717) is 0 Å². The molecule has 0 saturated heterocycles. The number of sulfonamides is 1. The van der Waals surface area contributed by atoms with Crippen LogP contribution in [0.2, 0.25) is 0 Å². The Balaban J connectivity index is 2.19. The van der Waals surface area contributed by atoms with Crippen LogP contribution in [-0.4, -0.2) is 19.9 Å². The van der Waals surface area contributed by atoms with Gasteiger partial charge in [-0.2, -0.15) is 0 Å². The summed E-state index contributed by atoms with van der Waals surface area (Å²) in [5.41, 5.74) is 0.883. The monoisotopic (exact) mass is 355 g/mol. The Kier molecular flexibility index (Phi) is 4.61. The number of nitrogens with one attached hydrogen (secondary N) is 2. The summed E-state index contributed by atoms with van der Waals surface area (Å²) in [6, 6.07) is 9.88. The van der Waals surface area contributed by atoms with Crippen LogP contribution in [0.25, 0.3) is 0 Å². The molecule has 0 radical (unpaired) electrons. The van der Waals surface area contributed by atoms with E-state index in [-0.39, 0.29) is 10.7 Å². The molecule has 106 valence electrons. The third-order valence-corrected chi connectivity index (χ3v) is 4.35. The molecule has 0 aliphatic heterocycles. The molecule has 0 amide bonds. The second-order valence-electron chi connectivity index (χ2n) is 4.02. The molecule has 0 aliphatic rings. The molecule has 1 heterocycles. The third kappa shape index (κ3) is 3.71. The lowest BCUT2D eigenvalue weighted by atomic mass is 10.3. The van der Waals surface area contributed by atoms with Gasteiger partial charge in [0.05, 0.1) is 4.90 Å². The number of rotatable bonds is 5. The zero-order chi connectivity index (χ0) is 14.6. The molecule has 0 bridgehead atoms. The number of hydrogen-bond donors (Lipinski definition) is 2. The average Bonchev–Trinajstić information content (AvgIpc) is 2.42. The van der Waals surface area contributed by atoms with Gasteiger partial charge in [-0.3, -0.25) is 4.72 Å². The van der Waals surface area contributed by atoms with E-state index in [9.17, 15) is 8.42 Å². The van der Waals surface area contributed by atoms with E-state index >= 15 is 0 Å². The van der Waals surface area contributed by atoms with Crippen molar-refractivity contribution in [3.05, 3.63) is 47.1 Å². The molecule has 0 aliphatic carbocycles. The molecule has 20 heavy (non-hydrogen) atoms. The van der Waals surface area contributed by atoms with Gasteiger partial charge in [0, 0.05) is 22.9 Å². The summed E-state index contributed by atoms with van der Waals surface area (Å²) < 4.78 is 27.6. The summed E-state index contributed by atoms with van der Waals surface area (Å²) in [6.07, 6.45) is 1.53. The lowest BCUT2D eigenvalue weighted by Gasteiger charge is -2.08. The van der Waals surface area contributed by atoms with Gasteiger partial charge < -0.3 is 5.32 Å². The molecule has 2 rings (SSSR count). The number of anilines is 2. The van der Waals surface area contributed by atoms with Gasteiger partial charge in [-0.05, 0) is 59.3 Å². The Morgan fingerprint density at radius 2 is 1.85 bits per heavy atom. The Bertz CT molecular complexity index is 670. The summed E-state index contributed by atoms with van der Waals surface area (Å²) in [5.74, 6) is 0.281. The molecule has 0 unspecified atom stereocenters. The van der Waals surface area contributed by atoms with Crippen molar-refractivity contribution in [2.24, 2.45) is 0 Å². The first-order chi connectivity index (χ1) is 9.51. The highest BCUT2D eigenvalue weighted by Gasteiger charge is 2.14. The molecule has 5 nitrogen and oxygen atoms in total. The van der Waals surface area contributed by atoms with E-state index in [2.05, 4.69) is 31.0 Å². The summed E-state index contributed by atoms with van der Waals surface area (Å²) in [6.45, 7) is 2.76. The standard InChI is InChI=1S/C13H14BrN3O2S/c1-2-15-11-4-6-12(7-5-11)20(18,19)17-13-8-3-10(14)9-16-13/h3-9,15H,2H2,1H3,(H,16,17). The van der Waals surface area contributed by atoms with E-state index < -0.39 is 10.0 Å². The Morgan fingerprint density at radius 3 is 2.40 bits per heavy atom. The first-order valence-corrected chi connectivity index (χ1v) is 8.27. The topological polar surface area (TPSA) is 71.1 Å². The van der Waals surface area contributed by atoms with Crippen molar-refractivity contribution in [2.75, 3.05) is 16.6 Å². The number of aromatic nitrogens is 1. The fraction of sp³-hybridized carbons (Fsp3) is 0.154. The van der Waals surface area contributed by atoms with Crippen LogP contribution in [0.1, 0.15) is 6.92 Å². The minimum Gasteiger partial charge on any atom is -0.385 e.